The molecule has 7 heteroatoms. The van der Waals surface area contributed by atoms with Crippen molar-refractivity contribution in [2.75, 3.05) is 29.6 Å². The lowest BCUT2D eigenvalue weighted by Crippen LogP contribution is -2.21. The van der Waals surface area contributed by atoms with E-state index in [4.69, 9.17) is 0 Å². The minimum absolute atomic E-state index is 0.0299. The second kappa shape index (κ2) is 7.96. The first-order chi connectivity index (χ1) is 12.2. The maximum atomic E-state index is 9.35. The molecule has 25 heavy (non-hydrogen) atoms. The first-order valence-electron chi connectivity index (χ1n) is 8.02. The van der Waals surface area contributed by atoms with E-state index in [2.05, 4.69) is 25.9 Å². The van der Waals surface area contributed by atoms with E-state index in [-0.39, 0.29) is 12.6 Å². The molecule has 0 unspecified atom stereocenters. The predicted octanol–water partition coefficient (Wildman–Crippen LogP) is 3.78. The Bertz CT molecular complexity index is 805. The van der Waals surface area contributed by atoms with Gasteiger partial charge in [0.1, 0.15) is 5.82 Å². The molecule has 130 valence electrons. The van der Waals surface area contributed by atoms with Crippen molar-refractivity contribution in [3.05, 3.63) is 48.0 Å². The number of anilines is 4. The summed E-state index contributed by atoms with van der Waals surface area (Å²) < 4.78 is 0. The highest BCUT2D eigenvalue weighted by Gasteiger charge is 2.12. The standard InChI is InChI=1S/C18H21N5OS/c1-12(11-24)21-17-15(16-4-3-9-25-16)10-20-18(23-17)22-14-7-5-13(19-2)6-8-14/h3-10,12,19,24H,11H2,1-2H3,(H2,20,21,22,23)/t12-/m1/s1. The number of rotatable bonds is 7. The van der Waals surface area contributed by atoms with E-state index in [9.17, 15) is 5.11 Å². The van der Waals surface area contributed by atoms with Crippen molar-refractivity contribution in [2.45, 2.75) is 13.0 Å². The van der Waals surface area contributed by atoms with Gasteiger partial charge in [0.2, 0.25) is 5.95 Å². The Morgan fingerprint density at radius 3 is 2.56 bits per heavy atom. The second-order valence-corrected chi connectivity index (χ2v) is 6.56. The van der Waals surface area contributed by atoms with Crippen LogP contribution in [0.2, 0.25) is 0 Å². The molecule has 4 N–H and O–H groups in total. The lowest BCUT2D eigenvalue weighted by Gasteiger charge is -2.16. The zero-order valence-corrected chi connectivity index (χ0v) is 15.0. The molecule has 0 radical (unpaired) electrons. The number of nitrogens with zero attached hydrogens (tertiary/aromatic N) is 2. The third-order valence-corrected chi connectivity index (χ3v) is 4.57. The molecule has 2 heterocycles. The monoisotopic (exact) mass is 355 g/mol. The summed E-state index contributed by atoms with van der Waals surface area (Å²) in [6.45, 7) is 1.94. The zero-order chi connectivity index (χ0) is 17.6. The summed E-state index contributed by atoms with van der Waals surface area (Å²) in [5.41, 5.74) is 2.87. The van der Waals surface area contributed by atoms with Crippen molar-refractivity contribution in [3.8, 4) is 10.4 Å². The van der Waals surface area contributed by atoms with E-state index in [1.165, 1.54) is 0 Å². The number of aliphatic hydroxyl groups is 1. The fourth-order valence-corrected chi connectivity index (χ4v) is 3.03. The van der Waals surface area contributed by atoms with Gasteiger partial charge in [-0.05, 0) is 42.6 Å². The predicted molar refractivity (Wildman–Crippen MR) is 105 cm³/mol. The van der Waals surface area contributed by atoms with Crippen LogP contribution in [0.1, 0.15) is 6.92 Å². The van der Waals surface area contributed by atoms with Gasteiger partial charge >= 0.3 is 0 Å². The quantitative estimate of drug-likeness (QED) is 0.516. The first kappa shape index (κ1) is 17.2. The molecule has 1 atom stereocenters. The molecular formula is C18H21N5OS. The van der Waals surface area contributed by atoms with E-state index in [1.54, 1.807) is 17.5 Å². The van der Waals surface area contributed by atoms with Crippen molar-refractivity contribution in [2.24, 2.45) is 0 Å². The number of hydrogen-bond donors (Lipinski definition) is 4. The summed E-state index contributed by atoms with van der Waals surface area (Å²) in [4.78, 5) is 10.1. The van der Waals surface area contributed by atoms with Crippen LogP contribution < -0.4 is 16.0 Å². The van der Waals surface area contributed by atoms with Crippen molar-refractivity contribution in [1.82, 2.24) is 9.97 Å². The number of nitrogens with one attached hydrogen (secondary N) is 3. The maximum absolute atomic E-state index is 9.35. The molecular weight excluding hydrogens is 334 g/mol. The van der Waals surface area contributed by atoms with Crippen LogP contribution in [-0.2, 0) is 0 Å². The highest BCUT2D eigenvalue weighted by atomic mass is 32.1. The smallest absolute Gasteiger partial charge is 0.229 e. The lowest BCUT2D eigenvalue weighted by atomic mass is 10.2. The molecule has 3 aromatic rings. The Kier molecular flexibility index (Phi) is 5.47. The van der Waals surface area contributed by atoms with Gasteiger partial charge in [0.15, 0.2) is 0 Å². The van der Waals surface area contributed by atoms with Crippen LogP contribution in [-0.4, -0.2) is 34.8 Å². The van der Waals surface area contributed by atoms with Crippen LogP contribution in [0.15, 0.2) is 48.0 Å². The van der Waals surface area contributed by atoms with Gasteiger partial charge in [0.05, 0.1) is 12.2 Å². The summed E-state index contributed by atoms with van der Waals surface area (Å²) >= 11 is 1.63. The van der Waals surface area contributed by atoms with Crippen LogP contribution in [0.3, 0.4) is 0 Å². The van der Waals surface area contributed by atoms with Crippen LogP contribution in [0, 0.1) is 0 Å². The van der Waals surface area contributed by atoms with Gasteiger partial charge in [-0.15, -0.1) is 11.3 Å². The molecule has 1 aromatic carbocycles. The molecule has 0 aliphatic heterocycles. The molecule has 3 rings (SSSR count). The van der Waals surface area contributed by atoms with E-state index in [1.807, 2.05) is 55.7 Å². The molecule has 0 spiro atoms. The van der Waals surface area contributed by atoms with Gasteiger partial charge < -0.3 is 21.1 Å². The highest BCUT2D eigenvalue weighted by Crippen LogP contribution is 2.31. The van der Waals surface area contributed by atoms with Crippen LogP contribution >= 0.6 is 11.3 Å². The van der Waals surface area contributed by atoms with Gasteiger partial charge in [-0.25, -0.2) is 4.98 Å². The second-order valence-electron chi connectivity index (χ2n) is 5.61. The van der Waals surface area contributed by atoms with E-state index >= 15 is 0 Å². The number of benzene rings is 1. The highest BCUT2D eigenvalue weighted by molar-refractivity contribution is 7.13. The first-order valence-corrected chi connectivity index (χ1v) is 8.90. The van der Waals surface area contributed by atoms with Crippen LogP contribution in [0.4, 0.5) is 23.1 Å². The Balaban J connectivity index is 1.88. The molecule has 0 amide bonds. The molecule has 0 bridgehead atoms. The summed E-state index contributed by atoms with van der Waals surface area (Å²) in [5.74, 6) is 1.21. The van der Waals surface area contributed by atoms with E-state index in [0.29, 0.717) is 11.8 Å². The topological polar surface area (TPSA) is 82.1 Å². The molecule has 0 fully saturated rings. The van der Waals surface area contributed by atoms with E-state index in [0.717, 1.165) is 21.8 Å². The largest absolute Gasteiger partial charge is 0.394 e. The molecule has 0 saturated carbocycles. The lowest BCUT2D eigenvalue weighted by molar-refractivity contribution is 0.281. The minimum Gasteiger partial charge on any atom is -0.394 e. The number of hydrogen-bond acceptors (Lipinski definition) is 7. The Labute approximate surface area is 151 Å². The van der Waals surface area contributed by atoms with Gasteiger partial charge in [-0.3, -0.25) is 0 Å². The molecule has 0 aliphatic carbocycles. The van der Waals surface area contributed by atoms with Crippen LogP contribution in [0.25, 0.3) is 10.4 Å². The molecule has 2 aromatic heterocycles. The van der Waals surface area contributed by atoms with Gasteiger partial charge in [-0.1, -0.05) is 6.07 Å². The summed E-state index contributed by atoms with van der Waals surface area (Å²) in [7, 11) is 1.88. The number of aromatic nitrogens is 2. The number of thiophene rings is 1. The fraction of sp³-hybridized carbons (Fsp3) is 0.222. The maximum Gasteiger partial charge on any atom is 0.229 e. The Morgan fingerprint density at radius 1 is 1.16 bits per heavy atom. The van der Waals surface area contributed by atoms with Crippen molar-refractivity contribution < 1.29 is 5.11 Å². The van der Waals surface area contributed by atoms with Crippen molar-refractivity contribution in [3.63, 3.8) is 0 Å². The third kappa shape index (κ3) is 4.26. The van der Waals surface area contributed by atoms with E-state index < -0.39 is 0 Å². The average molecular weight is 355 g/mol. The number of aliphatic hydroxyl groups excluding tert-OH is 1. The molecule has 6 nitrogen and oxygen atoms in total. The van der Waals surface area contributed by atoms with Gasteiger partial charge in [0.25, 0.3) is 0 Å². The zero-order valence-electron chi connectivity index (χ0n) is 14.2. The fourth-order valence-electron chi connectivity index (χ4n) is 2.29. The Morgan fingerprint density at radius 2 is 1.92 bits per heavy atom. The summed E-state index contributed by atoms with van der Waals surface area (Å²) in [6.07, 6.45) is 1.80. The minimum atomic E-state index is -0.101. The van der Waals surface area contributed by atoms with Crippen molar-refractivity contribution >= 4 is 34.5 Å². The van der Waals surface area contributed by atoms with Gasteiger partial charge in [0, 0.05) is 35.5 Å². The summed E-state index contributed by atoms with van der Waals surface area (Å²) in [6, 6.07) is 11.8. The normalized spacial score (nSPS) is 11.8. The average Bonchev–Trinajstić information content (AvgIpc) is 3.17. The third-order valence-electron chi connectivity index (χ3n) is 3.66. The van der Waals surface area contributed by atoms with Crippen LogP contribution in [0.5, 0.6) is 0 Å². The van der Waals surface area contributed by atoms with Gasteiger partial charge in [-0.2, -0.15) is 4.98 Å². The SMILES string of the molecule is CNc1ccc(Nc2ncc(-c3cccs3)c(N[C@H](C)CO)n2)cc1. The molecule has 0 aliphatic rings. The van der Waals surface area contributed by atoms with Crippen molar-refractivity contribution in [1.29, 1.82) is 0 Å². The summed E-state index contributed by atoms with van der Waals surface area (Å²) in [5, 5.41) is 20.9. The molecule has 0 saturated heterocycles. The Hall–Kier alpha value is -2.64.